The summed E-state index contributed by atoms with van der Waals surface area (Å²) in [5.41, 5.74) is 0.0395. The largest absolute Gasteiger partial charge is 0.377 e. The third-order valence-corrected chi connectivity index (χ3v) is 6.11. The van der Waals surface area contributed by atoms with Gasteiger partial charge in [-0.2, -0.15) is 0 Å². The van der Waals surface area contributed by atoms with Crippen LogP contribution in [0.5, 0.6) is 0 Å². The van der Waals surface area contributed by atoms with E-state index >= 15 is 0 Å². The number of fused-ring (bicyclic) bond motifs is 2. The lowest BCUT2D eigenvalue weighted by molar-refractivity contribution is -0.0544. The zero-order valence-corrected chi connectivity index (χ0v) is 13.4. The first kappa shape index (κ1) is 15.3. The number of nitrogens with one attached hydrogen (secondary N) is 1. The number of methoxy groups -OCH3 is 1. The molecule has 0 saturated heterocycles. The van der Waals surface area contributed by atoms with Crippen molar-refractivity contribution in [1.82, 2.24) is 5.32 Å². The van der Waals surface area contributed by atoms with E-state index in [1.165, 1.54) is 32.1 Å². The molecule has 0 aromatic carbocycles. The van der Waals surface area contributed by atoms with Gasteiger partial charge in [0.2, 0.25) is 0 Å². The average Bonchev–Trinajstić information content (AvgIpc) is 3.04. The molecule has 112 valence electrons. The fourth-order valence-corrected chi connectivity index (χ4v) is 4.87. The second-order valence-electron chi connectivity index (χ2n) is 6.76. The molecule has 19 heavy (non-hydrogen) atoms. The van der Waals surface area contributed by atoms with Gasteiger partial charge < -0.3 is 10.1 Å². The molecule has 4 unspecified atom stereocenters. The van der Waals surface area contributed by atoms with E-state index in [2.05, 4.69) is 26.1 Å². The molecule has 0 amide bonds. The lowest BCUT2D eigenvalue weighted by atomic mass is 9.77. The molecule has 2 heteroatoms. The van der Waals surface area contributed by atoms with Crippen LogP contribution in [0.2, 0.25) is 0 Å². The lowest BCUT2D eigenvalue weighted by Gasteiger charge is -2.41. The van der Waals surface area contributed by atoms with Crippen molar-refractivity contribution in [3.8, 4) is 0 Å². The van der Waals surface area contributed by atoms with Crippen molar-refractivity contribution in [3.05, 3.63) is 0 Å². The Morgan fingerprint density at radius 3 is 2.32 bits per heavy atom. The molecule has 0 aliphatic heterocycles. The zero-order chi connectivity index (χ0) is 13.9. The standard InChI is InChI=1S/C17H33NO/c1-5-17(6-2,19-4)16(18-7-3)12-15-11-13-8-9-14(15)10-13/h13-16,18H,5-12H2,1-4H3. The van der Waals surface area contributed by atoms with Crippen LogP contribution in [-0.4, -0.2) is 25.3 Å². The Balaban J connectivity index is 2.02. The van der Waals surface area contributed by atoms with Crippen LogP contribution in [0.15, 0.2) is 0 Å². The molecular formula is C17H33NO. The molecule has 2 aliphatic carbocycles. The summed E-state index contributed by atoms with van der Waals surface area (Å²) in [6.45, 7) is 7.83. The van der Waals surface area contributed by atoms with Gasteiger partial charge in [0.05, 0.1) is 5.60 Å². The summed E-state index contributed by atoms with van der Waals surface area (Å²) in [7, 11) is 1.90. The first-order valence-electron chi connectivity index (χ1n) is 8.47. The highest BCUT2D eigenvalue weighted by Gasteiger charge is 2.43. The normalized spacial score (nSPS) is 31.9. The van der Waals surface area contributed by atoms with Gasteiger partial charge in [0.25, 0.3) is 0 Å². The van der Waals surface area contributed by atoms with Gasteiger partial charge in [-0.1, -0.05) is 27.2 Å². The van der Waals surface area contributed by atoms with E-state index in [9.17, 15) is 0 Å². The summed E-state index contributed by atoms with van der Waals surface area (Å²) in [6.07, 6.45) is 9.54. The topological polar surface area (TPSA) is 21.3 Å². The zero-order valence-electron chi connectivity index (χ0n) is 13.4. The van der Waals surface area contributed by atoms with Crippen LogP contribution in [0.4, 0.5) is 0 Å². The van der Waals surface area contributed by atoms with Gasteiger partial charge in [0.15, 0.2) is 0 Å². The second kappa shape index (κ2) is 6.58. The highest BCUT2D eigenvalue weighted by atomic mass is 16.5. The third kappa shape index (κ3) is 3.00. The van der Waals surface area contributed by atoms with Gasteiger partial charge in [-0.05, 0) is 62.8 Å². The SMILES string of the molecule is CCNC(CC1CC2CCC1C2)C(CC)(CC)OC. The second-order valence-corrected chi connectivity index (χ2v) is 6.76. The molecule has 2 saturated carbocycles. The number of likely N-dealkylation sites (N-methyl/N-ethyl adjacent to an activating group) is 1. The minimum atomic E-state index is 0.0395. The Hall–Kier alpha value is -0.0800. The summed E-state index contributed by atoms with van der Waals surface area (Å²) in [5.74, 6) is 3.03. The van der Waals surface area contributed by atoms with E-state index in [1.807, 2.05) is 7.11 Å². The average molecular weight is 267 g/mol. The third-order valence-electron chi connectivity index (χ3n) is 6.11. The van der Waals surface area contributed by atoms with Gasteiger partial charge in [0.1, 0.15) is 0 Å². The molecule has 2 fully saturated rings. The Kier molecular flexibility index (Phi) is 5.30. The van der Waals surface area contributed by atoms with Crippen molar-refractivity contribution < 1.29 is 4.74 Å². The fraction of sp³-hybridized carbons (Fsp3) is 1.00. The fourth-order valence-electron chi connectivity index (χ4n) is 4.87. The Labute approximate surface area is 119 Å². The van der Waals surface area contributed by atoms with Gasteiger partial charge in [-0.25, -0.2) is 0 Å². The van der Waals surface area contributed by atoms with Crippen molar-refractivity contribution >= 4 is 0 Å². The number of hydrogen-bond donors (Lipinski definition) is 1. The van der Waals surface area contributed by atoms with Crippen molar-refractivity contribution in [3.63, 3.8) is 0 Å². The van der Waals surface area contributed by atoms with Gasteiger partial charge in [0, 0.05) is 13.2 Å². The summed E-state index contributed by atoms with van der Waals surface area (Å²) < 4.78 is 5.98. The summed E-state index contributed by atoms with van der Waals surface area (Å²) >= 11 is 0. The first-order valence-corrected chi connectivity index (χ1v) is 8.47. The molecule has 0 aromatic heterocycles. The quantitative estimate of drug-likeness (QED) is 0.718. The Morgan fingerprint density at radius 1 is 1.16 bits per heavy atom. The highest BCUT2D eigenvalue weighted by Crippen LogP contribution is 2.50. The van der Waals surface area contributed by atoms with Crippen LogP contribution < -0.4 is 5.32 Å². The monoisotopic (exact) mass is 267 g/mol. The van der Waals surface area contributed by atoms with E-state index in [4.69, 9.17) is 4.74 Å². The predicted molar refractivity (Wildman–Crippen MR) is 81.3 cm³/mol. The van der Waals surface area contributed by atoms with Crippen molar-refractivity contribution in [1.29, 1.82) is 0 Å². The molecule has 4 atom stereocenters. The molecule has 2 nitrogen and oxygen atoms in total. The molecular weight excluding hydrogens is 234 g/mol. The van der Waals surface area contributed by atoms with E-state index in [1.54, 1.807) is 0 Å². The van der Waals surface area contributed by atoms with Crippen molar-refractivity contribution in [2.75, 3.05) is 13.7 Å². The van der Waals surface area contributed by atoms with E-state index in [0.717, 1.165) is 37.1 Å². The lowest BCUT2D eigenvalue weighted by Crippen LogP contribution is -2.52. The van der Waals surface area contributed by atoms with Gasteiger partial charge in [-0.15, -0.1) is 0 Å². The van der Waals surface area contributed by atoms with Crippen molar-refractivity contribution in [2.45, 2.75) is 77.4 Å². The molecule has 0 aromatic rings. The number of hydrogen-bond acceptors (Lipinski definition) is 2. The van der Waals surface area contributed by atoms with Crippen LogP contribution in [0.25, 0.3) is 0 Å². The van der Waals surface area contributed by atoms with Crippen LogP contribution >= 0.6 is 0 Å². The van der Waals surface area contributed by atoms with E-state index < -0.39 is 0 Å². The maximum atomic E-state index is 5.98. The minimum Gasteiger partial charge on any atom is -0.377 e. The minimum absolute atomic E-state index is 0.0395. The first-order chi connectivity index (χ1) is 9.19. The summed E-state index contributed by atoms with van der Waals surface area (Å²) in [6, 6.07) is 0.529. The van der Waals surface area contributed by atoms with Crippen molar-refractivity contribution in [2.24, 2.45) is 17.8 Å². The Morgan fingerprint density at radius 2 is 1.89 bits per heavy atom. The smallest absolute Gasteiger partial charge is 0.0825 e. The molecule has 0 heterocycles. The van der Waals surface area contributed by atoms with Gasteiger partial charge in [-0.3, -0.25) is 0 Å². The Bertz CT molecular complexity index is 266. The van der Waals surface area contributed by atoms with Crippen LogP contribution in [-0.2, 0) is 4.74 Å². The maximum absolute atomic E-state index is 5.98. The molecule has 2 bridgehead atoms. The van der Waals surface area contributed by atoms with Gasteiger partial charge >= 0.3 is 0 Å². The predicted octanol–water partition coefficient (Wildman–Crippen LogP) is 4.00. The molecule has 2 aliphatic rings. The molecule has 2 rings (SSSR count). The number of rotatable bonds is 8. The highest BCUT2D eigenvalue weighted by molar-refractivity contribution is 4.97. The summed E-state index contributed by atoms with van der Waals surface area (Å²) in [5, 5.41) is 3.74. The maximum Gasteiger partial charge on any atom is 0.0825 e. The molecule has 0 spiro atoms. The van der Waals surface area contributed by atoms with Crippen LogP contribution in [0.3, 0.4) is 0 Å². The van der Waals surface area contributed by atoms with Crippen LogP contribution in [0.1, 0.15) is 65.7 Å². The molecule has 1 N–H and O–H groups in total. The summed E-state index contributed by atoms with van der Waals surface area (Å²) in [4.78, 5) is 0. The molecule has 0 radical (unpaired) electrons. The number of ether oxygens (including phenoxy) is 1. The van der Waals surface area contributed by atoms with E-state index in [-0.39, 0.29) is 5.60 Å². The van der Waals surface area contributed by atoms with Crippen LogP contribution in [0, 0.1) is 17.8 Å². The van der Waals surface area contributed by atoms with E-state index in [0.29, 0.717) is 6.04 Å².